The van der Waals surface area contributed by atoms with Crippen LogP contribution in [0.1, 0.15) is 15.9 Å². The molecular weight excluding hydrogens is 314 g/mol. The summed E-state index contributed by atoms with van der Waals surface area (Å²) in [5.74, 6) is -1.93. The number of carbonyl (C=O) groups is 2. The second-order valence-electron chi connectivity index (χ2n) is 4.79. The van der Waals surface area contributed by atoms with E-state index in [4.69, 9.17) is 0 Å². The fourth-order valence-corrected chi connectivity index (χ4v) is 1.91. The summed E-state index contributed by atoms with van der Waals surface area (Å²) in [5.41, 5.74) is 0.698. The van der Waals surface area contributed by atoms with Crippen molar-refractivity contribution in [3.05, 3.63) is 53.6 Å². The minimum Gasteiger partial charge on any atom is -0.508 e. The Bertz CT molecular complexity index is 813. The van der Waals surface area contributed by atoms with Crippen LogP contribution in [0.25, 0.3) is 6.08 Å². The van der Waals surface area contributed by atoms with Gasteiger partial charge in [-0.1, -0.05) is 6.07 Å². The number of rotatable bonds is 4. The van der Waals surface area contributed by atoms with Gasteiger partial charge in [-0.15, -0.1) is 0 Å². The van der Waals surface area contributed by atoms with E-state index in [0.717, 1.165) is 0 Å². The van der Waals surface area contributed by atoms with Gasteiger partial charge in [0.15, 0.2) is 11.5 Å². The molecule has 0 bridgehead atoms. The molecule has 0 aromatic heterocycles. The molecule has 2 rings (SSSR count). The van der Waals surface area contributed by atoms with Gasteiger partial charge >= 0.3 is 5.97 Å². The third-order valence-corrected chi connectivity index (χ3v) is 3.09. The molecule has 0 unspecified atom stereocenters. The lowest BCUT2D eigenvalue weighted by molar-refractivity contribution is -0.111. The first kappa shape index (κ1) is 16.9. The number of esters is 1. The van der Waals surface area contributed by atoms with E-state index in [9.17, 15) is 24.9 Å². The number of hydrogen-bond acceptors (Lipinski definition) is 6. The molecular formula is C17H15NO6. The average Bonchev–Trinajstić information content (AvgIpc) is 2.56. The molecule has 0 aliphatic heterocycles. The minimum absolute atomic E-state index is 0.0153. The average molecular weight is 329 g/mol. The predicted molar refractivity (Wildman–Crippen MR) is 86.9 cm³/mol. The highest BCUT2D eigenvalue weighted by Crippen LogP contribution is 2.25. The van der Waals surface area contributed by atoms with Gasteiger partial charge in [-0.3, -0.25) is 4.79 Å². The number of aromatic hydroxyl groups is 3. The van der Waals surface area contributed by atoms with Crippen molar-refractivity contribution in [1.82, 2.24) is 0 Å². The van der Waals surface area contributed by atoms with E-state index in [1.807, 2.05) is 0 Å². The number of methoxy groups -OCH3 is 1. The van der Waals surface area contributed by atoms with Gasteiger partial charge < -0.3 is 25.4 Å². The Kier molecular flexibility index (Phi) is 5.06. The summed E-state index contributed by atoms with van der Waals surface area (Å²) < 4.78 is 4.60. The summed E-state index contributed by atoms with van der Waals surface area (Å²) in [6, 6.07) is 7.98. The zero-order valence-electron chi connectivity index (χ0n) is 12.7. The Hall–Kier alpha value is -3.48. The van der Waals surface area contributed by atoms with Crippen LogP contribution in [0.15, 0.2) is 42.5 Å². The topological polar surface area (TPSA) is 116 Å². The van der Waals surface area contributed by atoms with Gasteiger partial charge in [-0.2, -0.15) is 0 Å². The van der Waals surface area contributed by atoms with E-state index >= 15 is 0 Å². The molecule has 0 aliphatic carbocycles. The molecule has 7 heteroatoms. The zero-order valence-corrected chi connectivity index (χ0v) is 12.7. The Morgan fingerprint density at radius 1 is 1.04 bits per heavy atom. The highest BCUT2D eigenvalue weighted by molar-refractivity contribution is 6.06. The molecule has 0 fully saturated rings. The molecule has 124 valence electrons. The van der Waals surface area contributed by atoms with Crippen LogP contribution in [0.2, 0.25) is 0 Å². The fourth-order valence-electron chi connectivity index (χ4n) is 1.91. The molecule has 0 spiro atoms. The zero-order chi connectivity index (χ0) is 17.7. The quantitative estimate of drug-likeness (QED) is 0.296. The highest BCUT2D eigenvalue weighted by atomic mass is 16.5. The maximum absolute atomic E-state index is 12.0. The summed E-state index contributed by atoms with van der Waals surface area (Å²) in [4.78, 5) is 23.6. The summed E-state index contributed by atoms with van der Waals surface area (Å²) in [7, 11) is 1.19. The molecule has 4 N–H and O–H groups in total. The number of phenols is 3. The number of phenolic OH excluding ortho intramolecular Hbond substituents is 3. The van der Waals surface area contributed by atoms with E-state index in [1.54, 1.807) is 0 Å². The van der Waals surface area contributed by atoms with Gasteiger partial charge in [0.2, 0.25) is 5.91 Å². The Balaban J connectivity index is 2.16. The van der Waals surface area contributed by atoms with E-state index in [-0.39, 0.29) is 28.5 Å². The molecule has 2 aromatic rings. The lowest BCUT2D eigenvalue weighted by atomic mass is 10.1. The number of hydrogen-bond donors (Lipinski definition) is 4. The van der Waals surface area contributed by atoms with E-state index < -0.39 is 11.9 Å². The molecule has 7 nitrogen and oxygen atoms in total. The third kappa shape index (κ3) is 4.04. The van der Waals surface area contributed by atoms with Gasteiger partial charge in [0.05, 0.1) is 18.4 Å². The van der Waals surface area contributed by atoms with Crippen LogP contribution in [-0.4, -0.2) is 34.3 Å². The molecule has 24 heavy (non-hydrogen) atoms. The van der Waals surface area contributed by atoms with Crippen LogP contribution in [0.5, 0.6) is 17.2 Å². The summed E-state index contributed by atoms with van der Waals surface area (Å²) in [5, 5.41) is 30.6. The van der Waals surface area contributed by atoms with Gasteiger partial charge in [-0.05, 0) is 42.0 Å². The molecule has 0 aliphatic rings. The van der Waals surface area contributed by atoms with Crippen LogP contribution in [-0.2, 0) is 9.53 Å². The molecule has 0 heterocycles. The number of amides is 1. The normalized spacial score (nSPS) is 10.5. The van der Waals surface area contributed by atoms with E-state index in [0.29, 0.717) is 5.56 Å². The number of benzene rings is 2. The van der Waals surface area contributed by atoms with Crippen LogP contribution < -0.4 is 5.32 Å². The Morgan fingerprint density at radius 2 is 1.79 bits per heavy atom. The third-order valence-electron chi connectivity index (χ3n) is 3.09. The molecule has 0 atom stereocenters. The van der Waals surface area contributed by atoms with Crippen molar-refractivity contribution in [2.75, 3.05) is 12.4 Å². The second-order valence-corrected chi connectivity index (χ2v) is 4.79. The maximum atomic E-state index is 12.0. The molecule has 1 amide bonds. The van der Waals surface area contributed by atoms with Crippen LogP contribution in [0, 0.1) is 0 Å². The lowest BCUT2D eigenvalue weighted by Crippen LogP contribution is -2.12. The van der Waals surface area contributed by atoms with Crippen LogP contribution in [0.3, 0.4) is 0 Å². The van der Waals surface area contributed by atoms with Gasteiger partial charge in [0, 0.05) is 6.08 Å². The predicted octanol–water partition coefficient (Wildman–Crippen LogP) is 2.24. The van der Waals surface area contributed by atoms with Crippen molar-refractivity contribution in [2.24, 2.45) is 0 Å². The molecule has 0 saturated carbocycles. The lowest BCUT2D eigenvalue weighted by Gasteiger charge is -2.08. The highest BCUT2D eigenvalue weighted by Gasteiger charge is 2.14. The summed E-state index contributed by atoms with van der Waals surface area (Å²) >= 11 is 0. The van der Waals surface area contributed by atoms with Crippen molar-refractivity contribution in [3.8, 4) is 17.2 Å². The summed E-state index contributed by atoms with van der Waals surface area (Å²) in [6.45, 7) is 0. The largest absolute Gasteiger partial charge is 0.508 e. The first-order valence-electron chi connectivity index (χ1n) is 6.83. The standard InChI is InChI=1S/C17H15NO6/c1-24-17(23)12-9-11(19)4-5-13(12)18-16(22)7-3-10-2-6-14(20)15(21)8-10/h2-9,19-21H,1H3,(H,18,22). The first-order chi connectivity index (χ1) is 11.4. The van der Waals surface area contributed by atoms with Gasteiger partial charge in [-0.25, -0.2) is 4.79 Å². The van der Waals surface area contributed by atoms with Crippen molar-refractivity contribution in [2.45, 2.75) is 0 Å². The minimum atomic E-state index is -0.700. The molecule has 0 saturated heterocycles. The Labute approximate surface area is 137 Å². The van der Waals surface area contributed by atoms with Gasteiger partial charge in [0.25, 0.3) is 0 Å². The van der Waals surface area contributed by atoms with Crippen molar-refractivity contribution < 1.29 is 29.6 Å². The monoisotopic (exact) mass is 329 g/mol. The number of nitrogens with one attached hydrogen (secondary N) is 1. The van der Waals surface area contributed by atoms with Crippen molar-refractivity contribution in [3.63, 3.8) is 0 Å². The van der Waals surface area contributed by atoms with E-state index in [2.05, 4.69) is 10.1 Å². The maximum Gasteiger partial charge on any atom is 0.340 e. The SMILES string of the molecule is COC(=O)c1cc(O)ccc1NC(=O)C=Cc1ccc(O)c(O)c1. The van der Waals surface area contributed by atoms with Crippen molar-refractivity contribution >= 4 is 23.6 Å². The molecule has 2 aromatic carbocycles. The number of ether oxygens (including phenoxy) is 1. The smallest absolute Gasteiger partial charge is 0.340 e. The van der Waals surface area contributed by atoms with E-state index in [1.165, 1.54) is 55.7 Å². The van der Waals surface area contributed by atoms with Crippen LogP contribution >= 0.6 is 0 Å². The summed E-state index contributed by atoms with van der Waals surface area (Å²) in [6.07, 6.45) is 2.62. The van der Waals surface area contributed by atoms with Crippen LogP contribution in [0.4, 0.5) is 5.69 Å². The number of carbonyl (C=O) groups excluding carboxylic acids is 2. The molecule has 0 radical (unpaired) electrons. The Morgan fingerprint density at radius 3 is 2.46 bits per heavy atom. The van der Waals surface area contributed by atoms with Crippen molar-refractivity contribution in [1.29, 1.82) is 0 Å². The number of anilines is 1. The van der Waals surface area contributed by atoms with Gasteiger partial charge in [0.1, 0.15) is 5.75 Å². The second kappa shape index (κ2) is 7.19. The fraction of sp³-hybridized carbons (Fsp3) is 0.0588. The first-order valence-corrected chi connectivity index (χ1v) is 6.83.